The van der Waals surface area contributed by atoms with Crippen molar-refractivity contribution in [1.82, 2.24) is 10.7 Å². The lowest BCUT2D eigenvalue weighted by molar-refractivity contribution is -0.117. The molecule has 0 aliphatic carbocycles. The zero-order valence-electron chi connectivity index (χ0n) is 26.1. The van der Waals surface area contributed by atoms with Gasteiger partial charge in [0.05, 0.1) is 33.1 Å². The maximum Gasteiger partial charge on any atom is 0.343 e. The van der Waals surface area contributed by atoms with Crippen LogP contribution in [0.25, 0.3) is 6.08 Å². The van der Waals surface area contributed by atoms with Crippen LogP contribution < -0.4 is 34.6 Å². The summed E-state index contributed by atoms with van der Waals surface area (Å²) in [6, 6.07) is 25.6. The second-order valence-corrected chi connectivity index (χ2v) is 9.94. The van der Waals surface area contributed by atoms with Crippen LogP contribution in [0.15, 0.2) is 102 Å². The Morgan fingerprint density at radius 1 is 0.739 bits per heavy atom. The van der Waals surface area contributed by atoms with Gasteiger partial charge in [-0.25, -0.2) is 10.2 Å². The summed E-state index contributed by atoms with van der Waals surface area (Å²) >= 11 is 0. The number of benzene rings is 4. The average Bonchev–Trinajstić information content (AvgIpc) is 3.07. The predicted molar refractivity (Wildman–Crippen MR) is 176 cm³/mol. The third-order valence-electron chi connectivity index (χ3n) is 6.60. The first-order valence-electron chi connectivity index (χ1n) is 14.0. The van der Waals surface area contributed by atoms with E-state index < -0.39 is 17.8 Å². The molecule has 0 aliphatic rings. The Balaban J connectivity index is 1.49. The summed E-state index contributed by atoms with van der Waals surface area (Å²) in [4.78, 5) is 40.9. The van der Waals surface area contributed by atoms with Crippen molar-refractivity contribution in [2.24, 2.45) is 5.10 Å². The van der Waals surface area contributed by atoms with E-state index in [1.54, 1.807) is 60.7 Å². The van der Waals surface area contributed by atoms with Gasteiger partial charge in [0, 0.05) is 25.3 Å². The summed E-state index contributed by atoms with van der Waals surface area (Å²) in [5.41, 5.74) is 5.25. The molecule has 46 heavy (non-hydrogen) atoms. The summed E-state index contributed by atoms with van der Waals surface area (Å²) in [5.74, 6) is -0.523. The zero-order chi connectivity index (χ0) is 33.1. The monoisotopic (exact) mass is 622 g/mol. The summed E-state index contributed by atoms with van der Waals surface area (Å²) in [6.45, 7) is 0. The lowest BCUT2D eigenvalue weighted by Gasteiger charge is -2.13. The molecule has 0 atom stereocenters. The largest absolute Gasteiger partial charge is 0.493 e. The van der Waals surface area contributed by atoms with Crippen LogP contribution in [-0.2, 0) is 4.79 Å². The molecule has 0 bridgehead atoms. The summed E-state index contributed by atoms with van der Waals surface area (Å²) in [7, 11) is 8.23. The molecule has 4 rings (SSSR count). The van der Waals surface area contributed by atoms with E-state index in [1.165, 1.54) is 39.7 Å². The van der Waals surface area contributed by atoms with Gasteiger partial charge in [-0.2, -0.15) is 5.10 Å². The molecule has 2 amide bonds. The first kappa shape index (κ1) is 32.8. The lowest BCUT2D eigenvalue weighted by atomic mass is 10.1. The number of rotatable bonds is 12. The van der Waals surface area contributed by atoms with Crippen LogP contribution in [0.2, 0.25) is 0 Å². The summed E-state index contributed by atoms with van der Waals surface area (Å²) in [5, 5.41) is 6.73. The van der Waals surface area contributed by atoms with E-state index in [0.29, 0.717) is 33.9 Å². The van der Waals surface area contributed by atoms with Crippen LogP contribution in [0.3, 0.4) is 0 Å². The molecule has 0 radical (unpaired) electrons. The average molecular weight is 623 g/mol. The van der Waals surface area contributed by atoms with Crippen LogP contribution in [0.1, 0.15) is 31.8 Å². The maximum absolute atomic E-state index is 13.2. The third-order valence-corrected chi connectivity index (χ3v) is 6.60. The van der Waals surface area contributed by atoms with E-state index in [9.17, 15) is 14.4 Å². The Morgan fingerprint density at radius 3 is 2.02 bits per heavy atom. The van der Waals surface area contributed by atoms with E-state index >= 15 is 0 Å². The summed E-state index contributed by atoms with van der Waals surface area (Å²) in [6.07, 6.45) is 2.95. The van der Waals surface area contributed by atoms with E-state index in [-0.39, 0.29) is 17.0 Å². The van der Waals surface area contributed by atoms with E-state index in [2.05, 4.69) is 15.8 Å². The number of carbonyl (C=O) groups excluding carboxylic acids is 3. The standard InChI is InChI=1S/C35H34N4O7/c1-39(2)27-16-14-23(15-17-27)19-29(37-33(40)25-11-7-6-8-12-25)34(41)38-36-22-24-10-9-13-28(18-24)46-35(42)26-20-30(43-3)32(45-5)31(21-26)44-4/h6-22H,1-5H3,(H,37,40)(H,38,41)/b29-19+,36-22-. The van der Waals surface area contributed by atoms with Gasteiger partial charge in [0.2, 0.25) is 5.75 Å². The van der Waals surface area contributed by atoms with Gasteiger partial charge in [-0.15, -0.1) is 0 Å². The minimum absolute atomic E-state index is 0.00312. The number of hydrazone groups is 1. The zero-order valence-corrected chi connectivity index (χ0v) is 26.1. The molecule has 4 aromatic rings. The number of hydrogen-bond acceptors (Lipinski definition) is 9. The highest BCUT2D eigenvalue weighted by Crippen LogP contribution is 2.38. The number of ether oxygens (including phenoxy) is 4. The highest BCUT2D eigenvalue weighted by atomic mass is 16.5. The number of anilines is 1. The number of methoxy groups -OCH3 is 3. The molecule has 0 saturated carbocycles. The molecule has 0 aliphatic heterocycles. The number of carbonyl (C=O) groups is 3. The van der Waals surface area contributed by atoms with Crippen molar-refractivity contribution in [3.8, 4) is 23.0 Å². The second kappa shape index (κ2) is 15.6. The first-order valence-corrected chi connectivity index (χ1v) is 14.0. The van der Waals surface area contributed by atoms with Crippen molar-refractivity contribution < 1.29 is 33.3 Å². The number of esters is 1. The third kappa shape index (κ3) is 8.50. The molecule has 0 aromatic heterocycles. The van der Waals surface area contributed by atoms with Crippen molar-refractivity contribution >= 4 is 35.8 Å². The van der Waals surface area contributed by atoms with Crippen LogP contribution in [-0.4, -0.2) is 59.4 Å². The highest BCUT2D eigenvalue weighted by Gasteiger charge is 2.19. The minimum atomic E-state index is -0.649. The Morgan fingerprint density at radius 2 is 1.41 bits per heavy atom. The van der Waals surface area contributed by atoms with E-state index in [1.807, 2.05) is 43.3 Å². The minimum Gasteiger partial charge on any atom is -0.493 e. The Bertz CT molecular complexity index is 1730. The second-order valence-electron chi connectivity index (χ2n) is 9.94. The molecule has 0 fully saturated rings. The van der Waals surface area contributed by atoms with Crippen LogP contribution in [0.5, 0.6) is 23.0 Å². The highest BCUT2D eigenvalue weighted by molar-refractivity contribution is 6.05. The van der Waals surface area contributed by atoms with Crippen molar-refractivity contribution in [2.45, 2.75) is 0 Å². The molecule has 0 unspecified atom stereocenters. The molecule has 4 aromatic carbocycles. The molecule has 0 saturated heterocycles. The van der Waals surface area contributed by atoms with Crippen LogP contribution in [0, 0.1) is 0 Å². The smallest absolute Gasteiger partial charge is 0.343 e. The van der Waals surface area contributed by atoms with E-state index in [4.69, 9.17) is 18.9 Å². The number of hydrogen-bond donors (Lipinski definition) is 2. The molecular weight excluding hydrogens is 588 g/mol. The Kier molecular flexibility index (Phi) is 11.1. The SMILES string of the molecule is COc1cc(C(=O)Oc2cccc(/C=N\NC(=O)/C(=C\c3ccc(N(C)C)cc3)NC(=O)c3ccccc3)c2)cc(OC)c1OC. The topological polar surface area (TPSA) is 128 Å². The Hall–Kier alpha value is -6.10. The van der Waals surface area contributed by atoms with Crippen molar-refractivity contribution in [3.05, 3.63) is 119 Å². The molecule has 236 valence electrons. The van der Waals surface area contributed by atoms with Gasteiger partial charge in [0.1, 0.15) is 11.4 Å². The van der Waals surface area contributed by atoms with Crippen LogP contribution in [0.4, 0.5) is 5.69 Å². The van der Waals surface area contributed by atoms with Gasteiger partial charge in [-0.05, 0) is 65.7 Å². The lowest BCUT2D eigenvalue weighted by Crippen LogP contribution is -2.32. The van der Waals surface area contributed by atoms with Crippen molar-refractivity contribution in [2.75, 3.05) is 40.3 Å². The van der Waals surface area contributed by atoms with Gasteiger partial charge in [-0.3, -0.25) is 9.59 Å². The number of nitrogens with one attached hydrogen (secondary N) is 2. The first-order chi connectivity index (χ1) is 22.2. The number of nitrogens with zero attached hydrogens (tertiary/aromatic N) is 2. The maximum atomic E-state index is 13.2. The molecular formula is C35H34N4O7. The summed E-state index contributed by atoms with van der Waals surface area (Å²) < 4.78 is 21.5. The van der Waals surface area contributed by atoms with E-state index in [0.717, 1.165) is 5.69 Å². The fraction of sp³-hybridized carbons (Fsp3) is 0.143. The fourth-order valence-corrected chi connectivity index (χ4v) is 4.23. The Labute approximate surface area is 267 Å². The van der Waals surface area contributed by atoms with Gasteiger partial charge in [0.15, 0.2) is 11.5 Å². The van der Waals surface area contributed by atoms with Crippen LogP contribution >= 0.6 is 0 Å². The van der Waals surface area contributed by atoms with Gasteiger partial charge in [-0.1, -0.05) is 42.5 Å². The molecule has 0 heterocycles. The van der Waals surface area contributed by atoms with Gasteiger partial charge < -0.3 is 29.2 Å². The number of amides is 2. The predicted octanol–water partition coefficient (Wildman–Crippen LogP) is 4.92. The van der Waals surface area contributed by atoms with Crippen molar-refractivity contribution in [1.29, 1.82) is 0 Å². The van der Waals surface area contributed by atoms with Gasteiger partial charge >= 0.3 is 5.97 Å². The fourth-order valence-electron chi connectivity index (χ4n) is 4.23. The van der Waals surface area contributed by atoms with Crippen molar-refractivity contribution in [3.63, 3.8) is 0 Å². The normalized spacial score (nSPS) is 11.0. The molecule has 0 spiro atoms. The van der Waals surface area contributed by atoms with Gasteiger partial charge in [0.25, 0.3) is 11.8 Å². The quantitative estimate of drug-likeness (QED) is 0.0750. The molecule has 11 nitrogen and oxygen atoms in total. The molecule has 2 N–H and O–H groups in total. The molecule has 11 heteroatoms.